The van der Waals surface area contributed by atoms with Crippen molar-refractivity contribution in [2.75, 3.05) is 13.1 Å². The number of likely N-dealkylation sites (tertiary alicyclic amines) is 1. The lowest BCUT2D eigenvalue weighted by Gasteiger charge is -2.17. The minimum absolute atomic E-state index is 0.821. The van der Waals surface area contributed by atoms with Gasteiger partial charge in [-0.1, -0.05) is 26.2 Å². The molecule has 1 aliphatic rings. The Balaban J connectivity index is 2.02. The first-order valence-corrected chi connectivity index (χ1v) is 7.76. The summed E-state index contributed by atoms with van der Waals surface area (Å²) in [6.45, 7) is 5.44. The second-order valence-electron chi connectivity index (χ2n) is 4.94. The van der Waals surface area contributed by atoms with Gasteiger partial charge in [0, 0.05) is 0 Å². The van der Waals surface area contributed by atoms with Crippen LogP contribution in [0.25, 0.3) is 0 Å². The second kappa shape index (κ2) is 6.86. The minimum Gasteiger partial charge on any atom is -0.297 e. The van der Waals surface area contributed by atoms with Crippen LogP contribution in [0.4, 0.5) is 0 Å². The molecule has 98 valence electrons. The number of nitrogens with zero attached hydrogens (tertiary/aromatic N) is 3. The number of aryl methyl sites for hydroxylation is 1. The maximum absolute atomic E-state index is 9.12. The number of hydrogen-bond donors (Lipinski definition) is 0. The van der Waals surface area contributed by atoms with Crippen molar-refractivity contribution in [2.45, 2.75) is 52.0 Å². The van der Waals surface area contributed by atoms with E-state index in [-0.39, 0.29) is 0 Å². The average Bonchev–Trinajstić information content (AvgIpc) is 2.58. The third-order valence-electron chi connectivity index (χ3n) is 3.39. The van der Waals surface area contributed by atoms with Crippen LogP contribution < -0.4 is 0 Å². The van der Waals surface area contributed by atoms with Crippen LogP contribution in [-0.2, 0) is 13.0 Å². The van der Waals surface area contributed by atoms with Crippen molar-refractivity contribution in [1.29, 1.82) is 5.26 Å². The molecule has 0 aromatic carbocycles. The van der Waals surface area contributed by atoms with Crippen LogP contribution >= 0.6 is 11.3 Å². The molecule has 1 aromatic rings. The maximum Gasteiger partial charge on any atom is 0.128 e. The zero-order valence-electron chi connectivity index (χ0n) is 11.1. The highest BCUT2D eigenvalue weighted by Crippen LogP contribution is 2.21. The molecule has 0 spiro atoms. The molecule has 3 nitrogen and oxygen atoms in total. The van der Waals surface area contributed by atoms with Crippen molar-refractivity contribution in [3.63, 3.8) is 0 Å². The van der Waals surface area contributed by atoms with Gasteiger partial charge in [-0.2, -0.15) is 5.26 Å². The molecule has 1 fully saturated rings. The Hall–Kier alpha value is -0.920. The van der Waals surface area contributed by atoms with Crippen LogP contribution in [0.2, 0.25) is 0 Å². The third kappa shape index (κ3) is 3.54. The first kappa shape index (κ1) is 13.5. The lowest BCUT2D eigenvalue weighted by atomic mass is 10.2. The second-order valence-corrected chi connectivity index (χ2v) is 6.02. The van der Waals surface area contributed by atoms with E-state index in [1.165, 1.54) is 38.8 Å². The number of nitriles is 1. The van der Waals surface area contributed by atoms with E-state index < -0.39 is 0 Å². The van der Waals surface area contributed by atoms with Crippen molar-refractivity contribution in [3.8, 4) is 6.07 Å². The lowest BCUT2D eigenvalue weighted by molar-refractivity contribution is 0.276. The van der Waals surface area contributed by atoms with Gasteiger partial charge in [0.05, 0.1) is 12.2 Å². The Morgan fingerprint density at radius 2 is 2.00 bits per heavy atom. The standard InChI is InChI=1S/C14H21N3S/c1-2-7-12-13(10-15)18-14(16-12)11-17-8-5-3-4-6-9-17/h2-9,11H2,1H3. The maximum atomic E-state index is 9.12. The van der Waals surface area contributed by atoms with Crippen LogP contribution in [0.3, 0.4) is 0 Å². The lowest BCUT2D eigenvalue weighted by Crippen LogP contribution is -2.23. The molecular weight excluding hydrogens is 242 g/mol. The van der Waals surface area contributed by atoms with Crippen molar-refractivity contribution in [2.24, 2.45) is 0 Å². The van der Waals surface area contributed by atoms with Gasteiger partial charge >= 0.3 is 0 Å². The summed E-state index contributed by atoms with van der Waals surface area (Å²) >= 11 is 1.59. The molecule has 0 atom stereocenters. The number of rotatable bonds is 4. The van der Waals surface area contributed by atoms with Crippen LogP contribution in [0.15, 0.2) is 0 Å². The monoisotopic (exact) mass is 263 g/mol. The molecular formula is C14H21N3S. The van der Waals surface area contributed by atoms with Crippen molar-refractivity contribution >= 4 is 11.3 Å². The molecule has 1 saturated heterocycles. The first-order chi connectivity index (χ1) is 8.83. The Kier molecular flexibility index (Phi) is 5.15. The van der Waals surface area contributed by atoms with Gasteiger partial charge in [0.25, 0.3) is 0 Å². The fourth-order valence-corrected chi connectivity index (χ4v) is 3.40. The topological polar surface area (TPSA) is 39.9 Å². The third-order valence-corrected chi connectivity index (χ3v) is 4.37. The minimum atomic E-state index is 0.821. The van der Waals surface area contributed by atoms with Gasteiger partial charge < -0.3 is 0 Å². The summed E-state index contributed by atoms with van der Waals surface area (Å²) in [5, 5.41) is 10.2. The summed E-state index contributed by atoms with van der Waals surface area (Å²) in [7, 11) is 0. The fraction of sp³-hybridized carbons (Fsp3) is 0.714. The number of hydrogen-bond acceptors (Lipinski definition) is 4. The highest BCUT2D eigenvalue weighted by atomic mass is 32.1. The van der Waals surface area contributed by atoms with Gasteiger partial charge in [-0.25, -0.2) is 4.98 Å². The van der Waals surface area contributed by atoms with E-state index in [1.54, 1.807) is 11.3 Å². The fourth-order valence-electron chi connectivity index (χ4n) is 2.45. The van der Waals surface area contributed by atoms with E-state index in [1.807, 2.05) is 0 Å². The molecule has 2 rings (SSSR count). The van der Waals surface area contributed by atoms with E-state index in [9.17, 15) is 0 Å². The van der Waals surface area contributed by atoms with Gasteiger partial charge in [-0.05, 0) is 32.4 Å². The molecule has 0 aliphatic carbocycles. The molecule has 1 aromatic heterocycles. The van der Waals surface area contributed by atoms with E-state index in [0.717, 1.165) is 35.0 Å². The van der Waals surface area contributed by atoms with E-state index in [0.29, 0.717) is 0 Å². The van der Waals surface area contributed by atoms with E-state index >= 15 is 0 Å². The zero-order chi connectivity index (χ0) is 12.8. The highest BCUT2D eigenvalue weighted by Gasteiger charge is 2.14. The van der Waals surface area contributed by atoms with Crippen LogP contribution in [0.5, 0.6) is 0 Å². The average molecular weight is 263 g/mol. The molecule has 1 aliphatic heterocycles. The SMILES string of the molecule is CCCc1nc(CN2CCCCCC2)sc1C#N. The Labute approximate surface area is 113 Å². The molecule has 0 saturated carbocycles. The van der Waals surface area contributed by atoms with Gasteiger partial charge in [-0.3, -0.25) is 4.90 Å². The van der Waals surface area contributed by atoms with Crippen molar-refractivity contribution < 1.29 is 0 Å². The van der Waals surface area contributed by atoms with Crippen molar-refractivity contribution in [1.82, 2.24) is 9.88 Å². The molecule has 0 N–H and O–H groups in total. The number of thiazole rings is 1. The molecule has 2 heterocycles. The predicted octanol–water partition coefficient (Wildman–Crippen LogP) is 3.34. The molecule has 0 radical (unpaired) electrons. The van der Waals surface area contributed by atoms with Crippen LogP contribution in [0, 0.1) is 11.3 Å². The molecule has 0 amide bonds. The summed E-state index contributed by atoms with van der Waals surface area (Å²) in [6, 6.07) is 2.29. The zero-order valence-corrected chi connectivity index (χ0v) is 11.9. The molecule has 4 heteroatoms. The van der Waals surface area contributed by atoms with Gasteiger partial charge in [0.1, 0.15) is 16.0 Å². The Morgan fingerprint density at radius 1 is 1.28 bits per heavy atom. The van der Waals surface area contributed by atoms with Crippen molar-refractivity contribution in [3.05, 3.63) is 15.6 Å². The summed E-state index contributed by atoms with van der Waals surface area (Å²) in [5.74, 6) is 0. The van der Waals surface area contributed by atoms with Gasteiger partial charge in [0.15, 0.2) is 0 Å². The van der Waals surface area contributed by atoms with E-state index in [4.69, 9.17) is 5.26 Å². The Morgan fingerprint density at radius 3 is 2.61 bits per heavy atom. The molecule has 0 bridgehead atoms. The summed E-state index contributed by atoms with van der Waals surface area (Å²) < 4.78 is 0. The summed E-state index contributed by atoms with van der Waals surface area (Å²) in [5.41, 5.74) is 1.01. The van der Waals surface area contributed by atoms with Crippen LogP contribution in [-0.4, -0.2) is 23.0 Å². The normalized spacial score (nSPS) is 17.3. The predicted molar refractivity (Wildman–Crippen MR) is 74.6 cm³/mol. The summed E-state index contributed by atoms with van der Waals surface area (Å²) in [6.07, 6.45) is 7.31. The summed E-state index contributed by atoms with van der Waals surface area (Å²) in [4.78, 5) is 7.96. The Bertz CT molecular complexity index is 411. The van der Waals surface area contributed by atoms with E-state index in [2.05, 4.69) is 22.9 Å². The van der Waals surface area contributed by atoms with Gasteiger partial charge in [0.2, 0.25) is 0 Å². The number of aromatic nitrogens is 1. The van der Waals surface area contributed by atoms with Crippen LogP contribution in [0.1, 0.15) is 54.6 Å². The molecule has 0 unspecified atom stereocenters. The quantitative estimate of drug-likeness (QED) is 0.836. The smallest absolute Gasteiger partial charge is 0.128 e. The highest BCUT2D eigenvalue weighted by molar-refractivity contribution is 7.12. The van der Waals surface area contributed by atoms with Gasteiger partial charge in [-0.15, -0.1) is 11.3 Å². The first-order valence-electron chi connectivity index (χ1n) is 6.94. The molecule has 18 heavy (non-hydrogen) atoms. The largest absolute Gasteiger partial charge is 0.297 e.